The zero-order valence-electron chi connectivity index (χ0n) is 11.7. The molecule has 1 aliphatic carbocycles. The zero-order chi connectivity index (χ0) is 14.8. The third-order valence-corrected chi connectivity index (χ3v) is 6.85. The second kappa shape index (κ2) is 5.80. The van der Waals surface area contributed by atoms with Crippen LogP contribution in [0.25, 0.3) is 0 Å². The molecular formula is C13H19N3O2S2. The molecule has 1 heterocycles. The molecule has 1 fully saturated rings. The Labute approximate surface area is 124 Å². The van der Waals surface area contributed by atoms with Gasteiger partial charge >= 0.3 is 0 Å². The molecule has 0 bridgehead atoms. The SMILES string of the molecule is CCC1CCC(C#N)(NS(=O)(=O)c2cnc(C)s2)CC1. The number of thiazole rings is 1. The van der Waals surface area contributed by atoms with Gasteiger partial charge in [-0.15, -0.1) is 11.3 Å². The summed E-state index contributed by atoms with van der Waals surface area (Å²) < 4.78 is 27.5. The van der Waals surface area contributed by atoms with Gasteiger partial charge in [0.2, 0.25) is 0 Å². The van der Waals surface area contributed by atoms with Crippen LogP contribution in [0, 0.1) is 24.2 Å². The smallest absolute Gasteiger partial charge is 0.249 e. The van der Waals surface area contributed by atoms with E-state index < -0.39 is 15.6 Å². The van der Waals surface area contributed by atoms with E-state index in [2.05, 4.69) is 22.7 Å². The number of sulfonamides is 1. The van der Waals surface area contributed by atoms with Crippen LogP contribution in [-0.4, -0.2) is 18.9 Å². The first-order valence-corrected chi connectivity index (χ1v) is 9.08. The first kappa shape index (κ1) is 15.4. The van der Waals surface area contributed by atoms with Crippen LogP contribution in [0.5, 0.6) is 0 Å². The van der Waals surface area contributed by atoms with Crippen molar-refractivity contribution in [3.8, 4) is 6.07 Å². The van der Waals surface area contributed by atoms with Gasteiger partial charge in [-0.25, -0.2) is 13.4 Å². The van der Waals surface area contributed by atoms with Crippen LogP contribution in [0.1, 0.15) is 44.0 Å². The third kappa shape index (κ3) is 3.19. The highest BCUT2D eigenvalue weighted by Crippen LogP contribution is 2.34. The summed E-state index contributed by atoms with van der Waals surface area (Å²) >= 11 is 1.13. The monoisotopic (exact) mass is 313 g/mol. The molecule has 0 amide bonds. The molecule has 0 spiro atoms. The molecule has 7 heteroatoms. The van der Waals surface area contributed by atoms with Crippen molar-refractivity contribution in [2.24, 2.45) is 5.92 Å². The average Bonchev–Trinajstić information content (AvgIpc) is 2.87. The summed E-state index contributed by atoms with van der Waals surface area (Å²) in [7, 11) is -3.65. The van der Waals surface area contributed by atoms with Crippen LogP contribution in [0.4, 0.5) is 0 Å². The summed E-state index contributed by atoms with van der Waals surface area (Å²) in [6.07, 6.45) is 5.40. The quantitative estimate of drug-likeness (QED) is 0.926. The van der Waals surface area contributed by atoms with Crippen molar-refractivity contribution in [1.82, 2.24) is 9.71 Å². The molecule has 0 unspecified atom stereocenters. The summed E-state index contributed by atoms with van der Waals surface area (Å²) in [6.45, 7) is 3.89. The minimum absolute atomic E-state index is 0.183. The molecule has 1 saturated carbocycles. The van der Waals surface area contributed by atoms with Crippen molar-refractivity contribution in [2.75, 3.05) is 0 Å². The maximum atomic E-state index is 12.3. The van der Waals surface area contributed by atoms with E-state index in [-0.39, 0.29) is 4.21 Å². The maximum absolute atomic E-state index is 12.3. The van der Waals surface area contributed by atoms with Crippen LogP contribution in [-0.2, 0) is 10.0 Å². The minimum atomic E-state index is -3.65. The van der Waals surface area contributed by atoms with Gasteiger partial charge in [0.15, 0.2) is 4.21 Å². The number of rotatable bonds is 4. The molecule has 110 valence electrons. The van der Waals surface area contributed by atoms with Crippen molar-refractivity contribution >= 4 is 21.4 Å². The molecule has 2 rings (SSSR count). The largest absolute Gasteiger partial charge is 0.253 e. The number of nitrogens with one attached hydrogen (secondary N) is 1. The van der Waals surface area contributed by atoms with E-state index in [4.69, 9.17) is 0 Å². The normalized spacial score (nSPS) is 27.1. The number of hydrogen-bond acceptors (Lipinski definition) is 5. The fraction of sp³-hybridized carbons (Fsp3) is 0.692. The number of nitriles is 1. The first-order valence-electron chi connectivity index (χ1n) is 6.78. The molecule has 1 aromatic rings. The Morgan fingerprint density at radius 1 is 1.55 bits per heavy atom. The van der Waals surface area contributed by atoms with Crippen molar-refractivity contribution < 1.29 is 8.42 Å². The predicted octanol–water partition coefficient (Wildman–Crippen LogP) is 2.59. The summed E-state index contributed by atoms with van der Waals surface area (Å²) in [4.78, 5) is 3.97. The molecule has 0 radical (unpaired) electrons. The van der Waals surface area contributed by atoms with Gasteiger partial charge in [0.25, 0.3) is 10.0 Å². The fourth-order valence-electron chi connectivity index (χ4n) is 2.59. The van der Waals surface area contributed by atoms with Crippen molar-refractivity contribution in [1.29, 1.82) is 5.26 Å². The van der Waals surface area contributed by atoms with E-state index in [9.17, 15) is 13.7 Å². The van der Waals surface area contributed by atoms with Gasteiger partial charge in [0, 0.05) is 0 Å². The Morgan fingerprint density at radius 2 is 2.20 bits per heavy atom. The number of nitrogens with zero attached hydrogens (tertiary/aromatic N) is 2. The molecule has 0 saturated heterocycles. The average molecular weight is 313 g/mol. The third-order valence-electron chi connectivity index (χ3n) is 3.94. The van der Waals surface area contributed by atoms with E-state index in [0.29, 0.717) is 23.8 Å². The Kier molecular flexibility index (Phi) is 4.47. The highest BCUT2D eigenvalue weighted by Gasteiger charge is 2.39. The van der Waals surface area contributed by atoms with E-state index >= 15 is 0 Å². The number of aryl methyl sites for hydroxylation is 1. The van der Waals surface area contributed by atoms with E-state index in [1.54, 1.807) is 6.92 Å². The lowest BCUT2D eigenvalue weighted by molar-refractivity contribution is 0.259. The standard InChI is InChI=1S/C13H19N3O2S2/c1-3-11-4-6-13(9-14,7-5-11)16-20(17,18)12-8-15-10(2)19-12/h8,11,16H,3-7H2,1-2H3. The first-order chi connectivity index (χ1) is 9.41. The molecular weight excluding hydrogens is 294 g/mol. The number of hydrogen-bond donors (Lipinski definition) is 1. The molecule has 0 atom stereocenters. The topological polar surface area (TPSA) is 82.9 Å². The Morgan fingerprint density at radius 3 is 2.65 bits per heavy atom. The highest BCUT2D eigenvalue weighted by molar-refractivity contribution is 7.91. The molecule has 0 aliphatic heterocycles. The molecule has 5 nitrogen and oxygen atoms in total. The maximum Gasteiger partial charge on any atom is 0.253 e. The molecule has 20 heavy (non-hydrogen) atoms. The lowest BCUT2D eigenvalue weighted by Gasteiger charge is -2.34. The lowest BCUT2D eigenvalue weighted by Crippen LogP contribution is -2.49. The van der Waals surface area contributed by atoms with Gasteiger partial charge < -0.3 is 0 Å². The fourth-order valence-corrected chi connectivity index (χ4v) is 5.07. The van der Waals surface area contributed by atoms with E-state index in [1.807, 2.05) is 0 Å². The second-order valence-corrected chi connectivity index (χ2v) is 8.49. The van der Waals surface area contributed by atoms with Gasteiger partial charge in [-0.2, -0.15) is 9.98 Å². The summed E-state index contributed by atoms with van der Waals surface area (Å²) in [5.74, 6) is 0.603. The van der Waals surface area contributed by atoms with Crippen molar-refractivity contribution in [2.45, 2.75) is 55.7 Å². The van der Waals surface area contributed by atoms with Crippen molar-refractivity contribution in [3.63, 3.8) is 0 Å². The Hall–Kier alpha value is -0.970. The van der Waals surface area contributed by atoms with Gasteiger partial charge in [-0.3, -0.25) is 0 Å². The Balaban J connectivity index is 2.17. The van der Waals surface area contributed by atoms with Gasteiger partial charge in [0.1, 0.15) is 5.54 Å². The van der Waals surface area contributed by atoms with Crippen LogP contribution in [0.3, 0.4) is 0 Å². The molecule has 1 N–H and O–H groups in total. The molecule has 1 aromatic heterocycles. The zero-order valence-corrected chi connectivity index (χ0v) is 13.4. The van der Waals surface area contributed by atoms with E-state index in [1.165, 1.54) is 6.20 Å². The number of aromatic nitrogens is 1. The summed E-state index contributed by atoms with van der Waals surface area (Å²) in [5.41, 5.74) is -0.956. The summed E-state index contributed by atoms with van der Waals surface area (Å²) in [6, 6.07) is 2.19. The van der Waals surface area contributed by atoms with Crippen LogP contribution in [0.15, 0.2) is 10.4 Å². The van der Waals surface area contributed by atoms with Crippen LogP contribution in [0.2, 0.25) is 0 Å². The molecule has 1 aliphatic rings. The Bertz CT molecular complexity index is 608. The molecule has 0 aromatic carbocycles. The predicted molar refractivity (Wildman–Crippen MR) is 77.8 cm³/mol. The minimum Gasteiger partial charge on any atom is -0.249 e. The highest BCUT2D eigenvalue weighted by atomic mass is 32.2. The van der Waals surface area contributed by atoms with Gasteiger partial charge in [0.05, 0.1) is 17.3 Å². The van der Waals surface area contributed by atoms with Crippen LogP contribution < -0.4 is 4.72 Å². The summed E-state index contributed by atoms with van der Waals surface area (Å²) in [5, 5.41) is 10.1. The van der Waals surface area contributed by atoms with Crippen LogP contribution >= 0.6 is 11.3 Å². The van der Waals surface area contributed by atoms with E-state index in [0.717, 1.165) is 30.6 Å². The van der Waals surface area contributed by atoms with Gasteiger partial charge in [-0.1, -0.05) is 13.3 Å². The van der Waals surface area contributed by atoms with Gasteiger partial charge in [-0.05, 0) is 38.5 Å². The lowest BCUT2D eigenvalue weighted by atomic mass is 9.77. The second-order valence-electron chi connectivity index (χ2n) is 5.35. The van der Waals surface area contributed by atoms with Crippen molar-refractivity contribution in [3.05, 3.63) is 11.2 Å².